The number of carbonyl (C=O) groups is 2. The molecule has 1 aromatic carbocycles. The molecule has 174 valence electrons. The van der Waals surface area contributed by atoms with Crippen molar-refractivity contribution in [1.82, 2.24) is 10.3 Å². The summed E-state index contributed by atoms with van der Waals surface area (Å²) in [5.41, 5.74) is -2.44. The lowest BCUT2D eigenvalue weighted by molar-refractivity contribution is -0.266. The van der Waals surface area contributed by atoms with Crippen molar-refractivity contribution in [3.05, 3.63) is 40.3 Å². The minimum Gasteiger partial charge on any atom is -0.376 e. The van der Waals surface area contributed by atoms with Crippen LogP contribution in [0.3, 0.4) is 0 Å². The highest BCUT2D eigenvalue weighted by Gasteiger charge is 2.58. The number of amides is 3. The van der Waals surface area contributed by atoms with Gasteiger partial charge in [-0.15, -0.1) is 11.3 Å². The van der Waals surface area contributed by atoms with Gasteiger partial charge < -0.3 is 25.8 Å². The Kier molecular flexibility index (Phi) is 7.36. The number of hydrogen-bond acceptors (Lipinski definition) is 6. The molecule has 0 saturated carbocycles. The molecule has 8 nitrogen and oxygen atoms in total. The van der Waals surface area contributed by atoms with E-state index in [2.05, 4.69) is 20.9 Å². The molecule has 0 bridgehead atoms. The van der Waals surface area contributed by atoms with E-state index in [1.165, 1.54) is 36.6 Å². The number of urea groups is 1. The van der Waals surface area contributed by atoms with Gasteiger partial charge >= 0.3 is 12.2 Å². The van der Waals surface area contributed by atoms with E-state index in [1.807, 2.05) is 0 Å². The molecule has 3 amide bonds. The van der Waals surface area contributed by atoms with Crippen LogP contribution in [-0.2, 0) is 15.1 Å². The van der Waals surface area contributed by atoms with Crippen molar-refractivity contribution in [2.24, 2.45) is 0 Å². The van der Waals surface area contributed by atoms with Crippen molar-refractivity contribution in [2.45, 2.75) is 44.1 Å². The number of aromatic nitrogens is 1. The maximum Gasteiger partial charge on any atom is 0.424 e. The Hall–Kier alpha value is -2.70. The minimum absolute atomic E-state index is 0.00183. The van der Waals surface area contributed by atoms with Crippen LogP contribution >= 0.6 is 11.3 Å². The Bertz CT molecular complexity index is 945. The molecule has 2 unspecified atom stereocenters. The monoisotopic (exact) mass is 472 g/mol. The summed E-state index contributed by atoms with van der Waals surface area (Å²) < 4.78 is 46.0. The predicted molar refractivity (Wildman–Crippen MR) is 112 cm³/mol. The van der Waals surface area contributed by atoms with Gasteiger partial charge in [0.2, 0.25) is 11.5 Å². The van der Waals surface area contributed by atoms with E-state index in [1.54, 1.807) is 0 Å². The number of benzene rings is 1. The zero-order valence-electron chi connectivity index (χ0n) is 17.2. The topological polar surface area (TPSA) is 113 Å². The van der Waals surface area contributed by atoms with Crippen LogP contribution in [0.25, 0.3) is 0 Å². The van der Waals surface area contributed by atoms with E-state index >= 15 is 0 Å². The quantitative estimate of drug-likeness (QED) is 0.493. The third-order valence-corrected chi connectivity index (χ3v) is 5.91. The second kappa shape index (κ2) is 9.84. The van der Waals surface area contributed by atoms with Crippen LogP contribution in [0, 0.1) is 6.92 Å². The molecule has 0 aliphatic carbocycles. The molecule has 1 aliphatic heterocycles. The molecule has 32 heavy (non-hydrogen) atoms. The number of anilines is 2. The third-order valence-electron chi connectivity index (χ3n) is 4.80. The second-order valence-corrected chi connectivity index (χ2v) is 8.28. The number of aryl methyl sites for hydroxylation is 1. The van der Waals surface area contributed by atoms with Crippen molar-refractivity contribution in [1.29, 1.82) is 0 Å². The van der Waals surface area contributed by atoms with E-state index in [0.717, 1.165) is 12.8 Å². The Morgan fingerprint density at radius 3 is 2.41 bits per heavy atom. The second-order valence-electron chi connectivity index (χ2n) is 7.42. The van der Waals surface area contributed by atoms with E-state index in [4.69, 9.17) is 4.74 Å². The van der Waals surface area contributed by atoms with Crippen molar-refractivity contribution in [2.75, 3.05) is 23.8 Å². The highest BCUT2D eigenvalue weighted by atomic mass is 32.1. The lowest BCUT2D eigenvalue weighted by atomic mass is 9.99. The lowest BCUT2D eigenvalue weighted by Crippen LogP contribution is -2.45. The van der Waals surface area contributed by atoms with Crippen LogP contribution in [0.4, 0.5) is 29.3 Å². The highest BCUT2D eigenvalue weighted by Crippen LogP contribution is 2.43. The summed E-state index contributed by atoms with van der Waals surface area (Å²) in [6.45, 7) is 2.57. The number of nitrogens with one attached hydrogen (secondary N) is 3. The lowest BCUT2D eigenvalue weighted by Gasteiger charge is -2.27. The Morgan fingerprint density at radius 2 is 1.88 bits per heavy atom. The van der Waals surface area contributed by atoms with Crippen LogP contribution in [0.15, 0.2) is 29.6 Å². The van der Waals surface area contributed by atoms with Crippen molar-refractivity contribution in [3.63, 3.8) is 0 Å². The predicted octanol–water partition coefficient (Wildman–Crippen LogP) is 3.53. The smallest absolute Gasteiger partial charge is 0.376 e. The van der Waals surface area contributed by atoms with Crippen LogP contribution < -0.4 is 16.0 Å². The van der Waals surface area contributed by atoms with E-state index in [0.29, 0.717) is 35.9 Å². The van der Waals surface area contributed by atoms with Gasteiger partial charge in [0.1, 0.15) is 5.01 Å². The fourth-order valence-corrected chi connectivity index (χ4v) is 4.02. The summed E-state index contributed by atoms with van der Waals surface area (Å²) in [5.74, 6) is -1.03. The molecule has 0 radical (unpaired) electrons. The largest absolute Gasteiger partial charge is 0.424 e. The molecule has 0 spiro atoms. The first-order valence-electron chi connectivity index (χ1n) is 9.85. The highest BCUT2D eigenvalue weighted by molar-refractivity contribution is 7.09. The minimum atomic E-state index is -5.08. The van der Waals surface area contributed by atoms with Gasteiger partial charge in [-0.1, -0.05) is 0 Å². The molecule has 1 fully saturated rings. The van der Waals surface area contributed by atoms with Gasteiger partial charge in [-0.2, -0.15) is 13.2 Å². The summed E-state index contributed by atoms with van der Waals surface area (Å²) in [6, 6.07) is 5.40. The molecule has 2 atom stereocenters. The van der Waals surface area contributed by atoms with Crippen molar-refractivity contribution in [3.8, 4) is 0 Å². The van der Waals surface area contributed by atoms with Crippen molar-refractivity contribution >= 4 is 34.6 Å². The number of halogens is 3. The Morgan fingerprint density at radius 1 is 1.22 bits per heavy atom. The molecule has 4 N–H and O–H groups in total. The van der Waals surface area contributed by atoms with Gasteiger partial charge in [0.15, 0.2) is 0 Å². The van der Waals surface area contributed by atoms with E-state index in [-0.39, 0.29) is 11.8 Å². The number of carbonyl (C=O) groups excluding carboxylic acids is 2. The van der Waals surface area contributed by atoms with Gasteiger partial charge in [-0.05, 0) is 44.0 Å². The number of ether oxygens (including phenoxy) is 1. The molecule has 2 heterocycles. The van der Waals surface area contributed by atoms with Crippen LogP contribution in [0.1, 0.15) is 30.0 Å². The fraction of sp³-hybridized carbons (Fsp3) is 0.450. The van der Waals surface area contributed by atoms with Gasteiger partial charge in [0.05, 0.1) is 12.5 Å². The van der Waals surface area contributed by atoms with Crippen LogP contribution in [0.5, 0.6) is 0 Å². The molecule has 12 heteroatoms. The SMILES string of the molecule is Cc1csc(C(O)(CC(=O)Nc2ccc(NC(=O)NCC3CCCO3)cc2)C(F)(F)F)n1. The zero-order chi connectivity index (χ0) is 23.4. The maximum atomic E-state index is 13.5. The summed E-state index contributed by atoms with van der Waals surface area (Å²) >= 11 is 0.636. The zero-order valence-corrected chi connectivity index (χ0v) is 18.0. The first kappa shape index (κ1) is 24.0. The average molecular weight is 472 g/mol. The Labute approximate surface area is 186 Å². The van der Waals surface area contributed by atoms with Gasteiger partial charge in [-0.3, -0.25) is 4.79 Å². The first-order chi connectivity index (χ1) is 15.1. The number of nitrogens with zero attached hydrogens (tertiary/aromatic N) is 1. The molecule has 1 aromatic heterocycles. The maximum absolute atomic E-state index is 13.5. The molecule has 1 saturated heterocycles. The molecular formula is C20H23F3N4O4S. The summed E-state index contributed by atoms with van der Waals surface area (Å²) in [7, 11) is 0. The number of rotatable bonds is 7. The number of thiazole rings is 1. The summed E-state index contributed by atoms with van der Waals surface area (Å²) in [5, 5.41) is 18.7. The molecule has 3 rings (SSSR count). The molecule has 2 aromatic rings. The van der Waals surface area contributed by atoms with E-state index < -0.39 is 35.1 Å². The normalized spacial score (nSPS) is 18.1. The van der Waals surface area contributed by atoms with Gasteiger partial charge in [-0.25, -0.2) is 9.78 Å². The third kappa shape index (κ3) is 5.96. The summed E-state index contributed by atoms with van der Waals surface area (Å²) in [6.07, 6.45) is -4.47. The fourth-order valence-electron chi connectivity index (χ4n) is 3.10. The molecular weight excluding hydrogens is 449 g/mol. The molecule has 1 aliphatic rings. The standard InChI is InChI=1S/C20H23F3N4O4S/c1-12-11-32-17(25-12)19(30,20(21,22)23)9-16(28)26-13-4-6-14(7-5-13)27-18(29)24-10-15-3-2-8-31-15/h4-7,11,15,30H,2-3,8-10H2,1H3,(H,26,28)(H2,24,27,29). The van der Waals surface area contributed by atoms with Crippen LogP contribution in [-0.4, -0.2) is 47.5 Å². The number of aliphatic hydroxyl groups is 1. The van der Waals surface area contributed by atoms with Gasteiger partial charge in [0, 0.05) is 35.6 Å². The Balaban J connectivity index is 1.55. The van der Waals surface area contributed by atoms with E-state index in [9.17, 15) is 27.9 Å². The first-order valence-corrected chi connectivity index (χ1v) is 10.7. The average Bonchev–Trinajstić information content (AvgIpc) is 3.39. The summed E-state index contributed by atoms with van der Waals surface area (Å²) in [4.78, 5) is 27.9. The van der Waals surface area contributed by atoms with Crippen LogP contribution in [0.2, 0.25) is 0 Å². The number of hydrogen-bond donors (Lipinski definition) is 4. The number of alkyl halides is 3. The van der Waals surface area contributed by atoms with Gasteiger partial charge in [0.25, 0.3) is 0 Å². The van der Waals surface area contributed by atoms with Crippen molar-refractivity contribution < 1.29 is 32.6 Å².